The van der Waals surface area contributed by atoms with Gasteiger partial charge in [-0.1, -0.05) is 11.6 Å². The fourth-order valence-corrected chi connectivity index (χ4v) is 2.65. The van der Waals surface area contributed by atoms with Crippen LogP contribution in [-0.2, 0) is 6.54 Å². The Balaban J connectivity index is 1.87. The molecule has 2 rings (SSSR count). The number of benzene rings is 1. The summed E-state index contributed by atoms with van der Waals surface area (Å²) < 4.78 is 13.8. The number of thioether (sulfide) groups is 1. The van der Waals surface area contributed by atoms with E-state index in [1.807, 2.05) is 11.8 Å². The molecule has 0 saturated heterocycles. The first-order valence-corrected chi connectivity index (χ1v) is 6.95. The number of hydrogen-bond acceptors (Lipinski definition) is 2. The van der Waals surface area contributed by atoms with Crippen LogP contribution in [0.25, 0.3) is 0 Å². The molecule has 16 heavy (non-hydrogen) atoms. The monoisotopic (exact) mass is 259 g/mol. The quantitative estimate of drug-likeness (QED) is 0.869. The van der Waals surface area contributed by atoms with E-state index in [0.717, 1.165) is 6.54 Å². The van der Waals surface area contributed by atoms with Crippen molar-refractivity contribution in [3.05, 3.63) is 34.6 Å². The van der Waals surface area contributed by atoms with Gasteiger partial charge in [0, 0.05) is 28.4 Å². The third-order valence-corrected chi connectivity index (χ3v) is 4.66. The number of halogens is 2. The van der Waals surface area contributed by atoms with E-state index in [1.54, 1.807) is 12.1 Å². The molecule has 1 N–H and O–H groups in total. The first-order valence-electron chi connectivity index (χ1n) is 5.35. The minimum Gasteiger partial charge on any atom is -0.311 e. The van der Waals surface area contributed by atoms with Gasteiger partial charge in [-0.15, -0.1) is 0 Å². The van der Waals surface area contributed by atoms with Crippen LogP contribution in [0.3, 0.4) is 0 Å². The summed E-state index contributed by atoms with van der Waals surface area (Å²) in [6.45, 7) is 1.49. The lowest BCUT2D eigenvalue weighted by Gasteiger charge is -2.13. The van der Waals surface area contributed by atoms with Gasteiger partial charge in [-0.25, -0.2) is 4.39 Å². The average molecular weight is 260 g/mol. The summed E-state index contributed by atoms with van der Waals surface area (Å²) in [6, 6.07) is 4.67. The van der Waals surface area contributed by atoms with Crippen molar-refractivity contribution in [2.75, 3.05) is 12.8 Å². The highest BCUT2D eigenvalue weighted by molar-refractivity contribution is 8.00. The Bertz CT molecular complexity index is 379. The molecule has 0 heterocycles. The second-order valence-electron chi connectivity index (χ2n) is 4.23. The smallest absolute Gasteiger partial charge is 0.127 e. The van der Waals surface area contributed by atoms with Gasteiger partial charge in [0.2, 0.25) is 0 Å². The summed E-state index contributed by atoms with van der Waals surface area (Å²) in [5.74, 6) is -0.189. The molecule has 0 radical (unpaired) electrons. The van der Waals surface area contributed by atoms with Crippen molar-refractivity contribution in [2.45, 2.75) is 24.1 Å². The zero-order valence-corrected chi connectivity index (χ0v) is 10.8. The van der Waals surface area contributed by atoms with E-state index in [4.69, 9.17) is 11.6 Å². The summed E-state index contributed by atoms with van der Waals surface area (Å²) >= 11 is 7.73. The van der Waals surface area contributed by atoms with Crippen LogP contribution in [0.5, 0.6) is 0 Å². The average Bonchev–Trinajstić information content (AvgIpc) is 3.04. The first kappa shape index (κ1) is 12.2. The Morgan fingerprint density at radius 2 is 2.25 bits per heavy atom. The van der Waals surface area contributed by atoms with Crippen LogP contribution in [-0.4, -0.2) is 17.5 Å². The van der Waals surface area contributed by atoms with E-state index < -0.39 is 0 Å². The molecule has 0 aliphatic heterocycles. The fourth-order valence-electron chi connectivity index (χ4n) is 1.70. The van der Waals surface area contributed by atoms with Crippen molar-refractivity contribution in [3.8, 4) is 0 Å². The van der Waals surface area contributed by atoms with Gasteiger partial charge < -0.3 is 5.32 Å². The van der Waals surface area contributed by atoms with Gasteiger partial charge >= 0.3 is 0 Å². The maximum atomic E-state index is 13.4. The Morgan fingerprint density at radius 1 is 1.50 bits per heavy atom. The molecule has 1 fully saturated rings. The maximum Gasteiger partial charge on any atom is 0.127 e. The van der Waals surface area contributed by atoms with Crippen molar-refractivity contribution < 1.29 is 4.39 Å². The standard InChI is InChI=1S/C12H15ClFNS/c1-16-12(4-5-12)8-15-7-9-6-10(13)2-3-11(9)14/h2-3,6,15H,4-5,7-8H2,1H3. The molecule has 0 aromatic heterocycles. The summed E-state index contributed by atoms with van der Waals surface area (Å²) in [5, 5.41) is 3.89. The SMILES string of the molecule is CSC1(CNCc2cc(Cl)ccc2F)CC1. The lowest BCUT2D eigenvalue weighted by atomic mass is 10.2. The Hall–Kier alpha value is -0.250. The Morgan fingerprint density at radius 3 is 2.88 bits per heavy atom. The van der Waals surface area contributed by atoms with Crippen molar-refractivity contribution in [2.24, 2.45) is 0 Å². The minimum atomic E-state index is -0.189. The van der Waals surface area contributed by atoms with Crippen molar-refractivity contribution in [1.82, 2.24) is 5.32 Å². The zero-order valence-electron chi connectivity index (χ0n) is 9.22. The molecule has 0 unspecified atom stereocenters. The van der Waals surface area contributed by atoms with Gasteiger partial charge in [0.15, 0.2) is 0 Å². The predicted octanol–water partition coefficient (Wildman–Crippen LogP) is 3.46. The van der Waals surface area contributed by atoms with E-state index in [9.17, 15) is 4.39 Å². The van der Waals surface area contributed by atoms with Crippen LogP contribution in [0.1, 0.15) is 18.4 Å². The summed E-state index contributed by atoms with van der Waals surface area (Å²) in [4.78, 5) is 0. The highest BCUT2D eigenvalue weighted by Crippen LogP contribution is 2.46. The Labute approximate surface area is 105 Å². The van der Waals surface area contributed by atoms with Gasteiger partial charge in [0.05, 0.1) is 0 Å². The van der Waals surface area contributed by atoms with Crippen LogP contribution < -0.4 is 5.32 Å². The van der Waals surface area contributed by atoms with Crippen molar-refractivity contribution >= 4 is 23.4 Å². The van der Waals surface area contributed by atoms with Gasteiger partial charge in [0.1, 0.15) is 5.82 Å². The predicted molar refractivity (Wildman–Crippen MR) is 68.6 cm³/mol. The molecule has 1 nitrogen and oxygen atoms in total. The molecule has 1 aliphatic carbocycles. The molecule has 0 bridgehead atoms. The van der Waals surface area contributed by atoms with Gasteiger partial charge in [-0.05, 0) is 37.3 Å². The zero-order chi connectivity index (χ0) is 11.6. The summed E-state index contributed by atoms with van der Waals surface area (Å²) in [5.41, 5.74) is 0.643. The second-order valence-corrected chi connectivity index (χ2v) is 5.94. The van der Waals surface area contributed by atoms with Crippen LogP contribution >= 0.6 is 23.4 Å². The molecular formula is C12H15ClFNS. The van der Waals surface area contributed by atoms with Gasteiger partial charge in [0.25, 0.3) is 0 Å². The van der Waals surface area contributed by atoms with Gasteiger partial charge in [-0.3, -0.25) is 0 Å². The molecule has 1 aromatic rings. The van der Waals surface area contributed by atoms with E-state index >= 15 is 0 Å². The minimum absolute atomic E-state index is 0.189. The number of nitrogens with one attached hydrogen (secondary N) is 1. The molecule has 1 aliphatic rings. The normalized spacial score (nSPS) is 17.4. The van der Waals surface area contributed by atoms with Crippen molar-refractivity contribution in [3.63, 3.8) is 0 Å². The van der Waals surface area contributed by atoms with Gasteiger partial charge in [-0.2, -0.15) is 11.8 Å². The van der Waals surface area contributed by atoms with Crippen LogP contribution in [0.2, 0.25) is 5.02 Å². The number of hydrogen-bond donors (Lipinski definition) is 1. The molecule has 0 atom stereocenters. The van der Waals surface area contributed by atoms with Crippen LogP contribution in [0.15, 0.2) is 18.2 Å². The van der Waals surface area contributed by atoms with E-state index in [1.165, 1.54) is 18.9 Å². The highest BCUT2D eigenvalue weighted by Gasteiger charge is 2.41. The molecule has 4 heteroatoms. The van der Waals surface area contributed by atoms with Crippen LogP contribution in [0.4, 0.5) is 4.39 Å². The molecule has 1 aromatic carbocycles. The summed E-state index contributed by atoms with van der Waals surface area (Å²) in [6.07, 6.45) is 4.66. The maximum absolute atomic E-state index is 13.4. The Kier molecular flexibility index (Phi) is 3.77. The number of rotatable bonds is 5. The van der Waals surface area contributed by atoms with E-state index in [-0.39, 0.29) is 5.82 Å². The third kappa shape index (κ3) is 2.90. The van der Waals surface area contributed by atoms with E-state index in [0.29, 0.717) is 21.9 Å². The topological polar surface area (TPSA) is 12.0 Å². The van der Waals surface area contributed by atoms with Crippen LogP contribution in [0, 0.1) is 5.82 Å². The summed E-state index contributed by atoms with van der Waals surface area (Å²) in [7, 11) is 0. The fraction of sp³-hybridized carbons (Fsp3) is 0.500. The second kappa shape index (κ2) is 4.94. The molecule has 0 amide bonds. The highest BCUT2D eigenvalue weighted by atomic mass is 35.5. The molecule has 88 valence electrons. The van der Waals surface area contributed by atoms with Crippen molar-refractivity contribution in [1.29, 1.82) is 0 Å². The molecule has 0 spiro atoms. The lowest BCUT2D eigenvalue weighted by molar-refractivity contribution is 0.584. The third-order valence-electron chi connectivity index (χ3n) is 3.01. The van der Waals surface area contributed by atoms with E-state index in [2.05, 4.69) is 11.6 Å². The molecule has 1 saturated carbocycles. The molecular weight excluding hydrogens is 245 g/mol. The first-order chi connectivity index (χ1) is 7.65. The lowest BCUT2D eigenvalue weighted by Crippen LogP contribution is -2.25. The largest absolute Gasteiger partial charge is 0.311 e.